The van der Waals surface area contributed by atoms with Crippen LogP contribution in [0.25, 0.3) is 21.9 Å². The van der Waals surface area contributed by atoms with Gasteiger partial charge in [-0.1, -0.05) is 6.92 Å². The van der Waals surface area contributed by atoms with Crippen molar-refractivity contribution in [1.29, 1.82) is 0 Å². The van der Waals surface area contributed by atoms with Gasteiger partial charge in [0.25, 0.3) is 0 Å². The highest BCUT2D eigenvalue weighted by Gasteiger charge is 2.48. The van der Waals surface area contributed by atoms with Gasteiger partial charge < -0.3 is 9.72 Å². The maximum Gasteiger partial charge on any atom is 0.337 e. The number of imidazole rings is 1. The van der Waals surface area contributed by atoms with Crippen LogP contribution in [0, 0.1) is 29.5 Å². The van der Waals surface area contributed by atoms with E-state index < -0.39 is 0 Å². The number of carbonyl (C=O) groups is 1. The van der Waals surface area contributed by atoms with Gasteiger partial charge in [0.15, 0.2) is 0 Å². The van der Waals surface area contributed by atoms with E-state index in [0.29, 0.717) is 35.2 Å². The first-order chi connectivity index (χ1) is 16.5. The molecular formula is C28H28FN3O2. The number of pyridine rings is 1. The predicted octanol–water partition coefficient (Wildman–Crippen LogP) is 6.05. The third kappa shape index (κ3) is 3.56. The van der Waals surface area contributed by atoms with Crippen molar-refractivity contribution in [2.75, 3.05) is 7.11 Å². The quantitative estimate of drug-likeness (QED) is 0.371. The molecule has 0 radical (unpaired) electrons. The number of methoxy groups -OCH3 is 1. The lowest BCUT2D eigenvalue weighted by Crippen LogP contribution is -2.24. The third-order valence-corrected chi connectivity index (χ3v) is 8.25. The second-order valence-electron chi connectivity index (χ2n) is 10.1. The van der Waals surface area contributed by atoms with Gasteiger partial charge in [-0.2, -0.15) is 0 Å². The SMILES string of the molecule is COC(=O)c1ccc2nc(CC(C)C3CC4CC3CC4c3ccnc4ccc(F)cc34)[nH]c2c1. The molecule has 6 rings (SSSR count). The lowest BCUT2D eigenvalue weighted by molar-refractivity contribution is 0.0601. The molecule has 2 fully saturated rings. The van der Waals surface area contributed by atoms with Crippen LogP contribution in [-0.2, 0) is 11.2 Å². The Bertz CT molecular complexity index is 1400. The standard InChI is InChI=1S/C28H28FN3O2/c1-15(9-27-31-25-5-3-16(28(33)34-2)13-26(25)32-27)21-11-18-10-17(21)12-22(18)20-7-8-30-24-6-4-19(29)14-23(20)24/h3-8,13-15,17-18,21-22H,9-12H2,1-2H3,(H,31,32). The number of nitrogens with one attached hydrogen (secondary N) is 1. The van der Waals surface area contributed by atoms with E-state index in [2.05, 4.69) is 23.0 Å². The van der Waals surface area contributed by atoms with Gasteiger partial charge in [-0.25, -0.2) is 14.2 Å². The van der Waals surface area contributed by atoms with Crippen molar-refractivity contribution in [3.8, 4) is 0 Å². The average molecular weight is 458 g/mol. The van der Waals surface area contributed by atoms with Gasteiger partial charge in [0.2, 0.25) is 0 Å². The molecule has 0 spiro atoms. The number of carbonyl (C=O) groups excluding carboxylic acids is 1. The lowest BCUT2D eigenvalue weighted by atomic mass is 9.73. The summed E-state index contributed by atoms with van der Waals surface area (Å²) in [6, 6.07) is 12.5. The number of ether oxygens (including phenoxy) is 1. The smallest absolute Gasteiger partial charge is 0.337 e. The Morgan fingerprint density at radius 3 is 2.76 bits per heavy atom. The highest BCUT2D eigenvalue weighted by Crippen LogP contribution is 2.58. The summed E-state index contributed by atoms with van der Waals surface area (Å²) in [6.07, 6.45) is 6.39. The molecule has 2 aromatic heterocycles. The summed E-state index contributed by atoms with van der Waals surface area (Å²) in [6.45, 7) is 2.34. The van der Waals surface area contributed by atoms with Gasteiger partial charge in [0, 0.05) is 18.0 Å². The Hall–Kier alpha value is -3.28. The third-order valence-electron chi connectivity index (χ3n) is 8.25. The molecule has 5 nitrogen and oxygen atoms in total. The van der Waals surface area contributed by atoms with Crippen molar-refractivity contribution in [2.24, 2.45) is 23.7 Å². The number of hydrogen-bond donors (Lipinski definition) is 1. The number of benzene rings is 2. The minimum Gasteiger partial charge on any atom is -0.465 e. The Morgan fingerprint density at radius 1 is 1.12 bits per heavy atom. The van der Waals surface area contributed by atoms with Crippen molar-refractivity contribution in [2.45, 2.75) is 38.5 Å². The second kappa shape index (κ2) is 8.19. The first-order valence-corrected chi connectivity index (χ1v) is 12.1. The van der Waals surface area contributed by atoms with E-state index in [-0.39, 0.29) is 11.8 Å². The molecule has 1 N–H and O–H groups in total. The maximum atomic E-state index is 14.0. The van der Waals surface area contributed by atoms with Crippen LogP contribution in [-0.4, -0.2) is 28.0 Å². The van der Waals surface area contributed by atoms with E-state index in [0.717, 1.165) is 40.6 Å². The number of esters is 1. The molecule has 5 atom stereocenters. The first kappa shape index (κ1) is 21.3. The fraction of sp³-hybridized carbons (Fsp3) is 0.393. The number of fused-ring (bicyclic) bond motifs is 4. The van der Waals surface area contributed by atoms with Crippen LogP contribution in [0.1, 0.15) is 53.8 Å². The van der Waals surface area contributed by atoms with Crippen molar-refractivity contribution in [3.63, 3.8) is 0 Å². The molecule has 2 aliphatic carbocycles. The Morgan fingerprint density at radius 2 is 1.97 bits per heavy atom. The number of halogens is 1. The van der Waals surface area contributed by atoms with Gasteiger partial charge in [-0.3, -0.25) is 4.98 Å². The van der Waals surface area contributed by atoms with Crippen molar-refractivity contribution in [3.05, 3.63) is 71.4 Å². The maximum absolute atomic E-state index is 14.0. The van der Waals surface area contributed by atoms with E-state index >= 15 is 0 Å². The second-order valence-corrected chi connectivity index (χ2v) is 10.1. The molecule has 34 heavy (non-hydrogen) atoms. The van der Waals surface area contributed by atoms with Gasteiger partial charge in [-0.05, 0) is 96.9 Å². The normalized spacial score (nSPS) is 24.7. The van der Waals surface area contributed by atoms with Crippen molar-refractivity contribution < 1.29 is 13.9 Å². The number of aromatic amines is 1. The number of H-pyrrole nitrogens is 1. The Balaban J connectivity index is 1.17. The minimum absolute atomic E-state index is 0.194. The largest absolute Gasteiger partial charge is 0.465 e. The van der Waals surface area contributed by atoms with Crippen LogP contribution in [0.3, 0.4) is 0 Å². The zero-order chi connectivity index (χ0) is 23.4. The highest BCUT2D eigenvalue weighted by molar-refractivity contribution is 5.93. The molecule has 0 saturated heterocycles. The summed E-state index contributed by atoms with van der Waals surface area (Å²) in [4.78, 5) is 24.4. The molecule has 2 heterocycles. The summed E-state index contributed by atoms with van der Waals surface area (Å²) in [5.74, 6) is 3.45. The molecule has 5 unspecified atom stereocenters. The lowest BCUT2D eigenvalue weighted by Gasteiger charge is -2.32. The summed E-state index contributed by atoms with van der Waals surface area (Å²) < 4.78 is 18.8. The molecular weight excluding hydrogens is 429 g/mol. The number of aromatic nitrogens is 3. The van der Waals surface area contributed by atoms with Crippen LogP contribution < -0.4 is 0 Å². The van der Waals surface area contributed by atoms with Crippen LogP contribution in [0.5, 0.6) is 0 Å². The van der Waals surface area contributed by atoms with E-state index in [1.807, 2.05) is 18.3 Å². The summed E-state index contributed by atoms with van der Waals surface area (Å²) in [5.41, 5.74) is 4.42. The average Bonchev–Trinajstić information content (AvgIpc) is 3.56. The Kier molecular flexibility index (Phi) is 5.12. The molecule has 0 amide bonds. The molecule has 174 valence electrons. The molecule has 2 aliphatic rings. The zero-order valence-electron chi connectivity index (χ0n) is 19.4. The van der Waals surface area contributed by atoms with Crippen LogP contribution in [0.4, 0.5) is 4.39 Å². The fourth-order valence-electron chi connectivity index (χ4n) is 6.72. The van der Waals surface area contributed by atoms with Crippen LogP contribution in [0.2, 0.25) is 0 Å². The highest BCUT2D eigenvalue weighted by atomic mass is 19.1. The predicted molar refractivity (Wildman–Crippen MR) is 129 cm³/mol. The van der Waals surface area contributed by atoms with Gasteiger partial charge >= 0.3 is 5.97 Å². The topological polar surface area (TPSA) is 67.9 Å². The molecule has 0 aliphatic heterocycles. The van der Waals surface area contributed by atoms with Gasteiger partial charge in [-0.15, -0.1) is 0 Å². The minimum atomic E-state index is -0.340. The van der Waals surface area contributed by atoms with E-state index in [1.165, 1.54) is 31.6 Å². The van der Waals surface area contributed by atoms with Crippen molar-refractivity contribution in [1.82, 2.24) is 15.0 Å². The molecule has 6 heteroatoms. The Labute approximate surface area is 197 Å². The summed E-state index contributed by atoms with van der Waals surface area (Å²) in [5, 5.41) is 0.971. The molecule has 2 aromatic carbocycles. The van der Waals surface area contributed by atoms with E-state index in [1.54, 1.807) is 18.2 Å². The fourth-order valence-corrected chi connectivity index (χ4v) is 6.72. The van der Waals surface area contributed by atoms with Gasteiger partial charge in [0.05, 0.1) is 29.2 Å². The zero-order valence-corrected chi connectivity index (χ0v) is 19.4. The monoisotopic (exact) mass is 457 g/mol. The summed E-state index contributed by atoms with van der Waals surface area (Å²) >= 11 is 0. The summed E-state index contributed by atoms with van der Waals surface area (Å²) in [7, 11) is 1.39. The molecule has 2 saturated carbocycles. The van der Waals surface area contributed by atoms with E-state index in [9.17, 15) is 9.18 Å². The number of rotatable bonds is 5. The van der Waals surface area contributed by atoms with Crippen LogP contribution in [0.15, 0.2) is 48.7 Å². The van der Waals surface area contributed by atoms with Gasteiger partial charge in [0.1, 0.15) is 11.6 Å². The van der Waals surface area contributed by atoms with E-state index in [4.69, 9.17) is 9.72 Å². The molecule has 4 aromatic rings. The van der Waals surface area contributed by atoms with Crippen LogP contribution >= 0.6 is 0 Å². The number of hydrogen-bond acceptors (Lipinski definition) is 4. The number of nitrogens with zero attached hydrogens (tertiary/aromatic N) is 2. The molecule has 2 bridgehead atoms. The van der Waals surface area contributed by atoms with Crippen molar-refractivity contribution >= 4 is 27.9 Å². The first-order valence-electron chi connectivity index (χ1n) is 12.1.